The number of ether oxygens (including phenoxy) is 1. The number of ketones is 1. The molecule has 2 rings (SSSR count). The lowest BCUT2D eigenvalue weighted by atomic mass is 9.76. The molecule has 104 valence electrons. The summed E-state index contributed by atoms with van der Waals surface area (Å²) >= 11 is 0. The first kappa shape index (κ1) is 14.0. The molecule has 0 atom stereocenters. The molecule has 3 heteroatoms. The average molecular weight is 264 g/mol. The predicted molar refractivity (Wildman–Crippen MR) is 73.1 cm³/mol. The summed E-state index contributed by atoms with van der Waals surface area (Å²) in [5, 5.41) is 0. The third-order valence-corrected chi connectivity index (χ3v) is 3.91. The van der Waals surface area contributed by atoms with Crippen molar-refractivity contribution in [1.82, 2.24) is 0 Å². The molecule has 0 aliphatic heterocycles. The van der Waals surface area contributed by atoms with Crippen LogP contribution in [0.5, 0.6) is 5.75 Å². The zero-order valence-corrected chi connectivity index (χ0v) is 11.8. The highest BCUT2D eigenvalue weighted by Crippen LogP contribution is 2.37. The molecule has 0 bridgehead atoms. The van der Waals surface area contributed by atoms with E-state index in [1.54, 1.807) is 12.1 Å². The monoisotopic (exact) mass is 264 g/mol. The van der Waals surface area contributed by atoms with E-state index < -0.39 is 5.82 Å². The first-order valence-electron chi connectivity index (χ1n) is 6.85. The van der Waals surface area contributed by atoms with Gasteiger partial charge in [0.1, 0.15) is 11.6 Å². The fourth-order valence-corrected chi connectivity index (χ4v) is 2.61. The standard InChI is InChI=1S/C16H21FO2/c1-11(18)15-13(17)5-4-6-14(15)19-12-7-9-16(2,3)10-8-12/h4-6,12H,7-10H2,1-3H3. The van der Waals surface area contributed by atoms with E-state index in [2.05, 4.69) is 13.8 Å². The van der Waals surface area contributed by atoms with Crippen LogP contribution in [0.2, 0.25) is 0 Å². The summed E-state index contributed by atoms with van der Waals surface area (Å²) in [4.78, 5) is 11.5. The van der Waals surface area contributed by atoms with Crippen LogP contribution in [0.1, 0.15) is 56.8 Å². The number of carbonyl (C=O) groups excluding carboxylic acids is 1. The van der Waals surface area contributed by atoms with Gasteiger partial charge in [-0.15, -0.1) is 0 Å². The van der Waals surface area contributed by atoms with Crippen molar-refractivity contribution in [2.75, 3.05) is 0 Å². The van der Waals surface area contributed by atoms with Gasteiger partial charge in [0.05, 0.1) is 11.7 Å². The number of benzene rings is 1. The van der Waals surface area contributed by atoms with E-state index in [0.717, 1.165) is 25.7 Å². The molecule has 0 amide bonds. The van der Waals surface area contributed by atoms with Crippen molar-refractivity contribution in [1.29, 1.82) is 0 Å². The van der Waals surface area contributed by atoms with Gasteiger partial charge in [0.2, 0.25) is 0 Å². The second-order valence-corrected chi connectivity index (χ2v) is 6.15. The Labute approximate surface area is 114 Å². The molecule has 0 unspecified atom stereocenters. The molecule has 19 heavy (non-hydrogen) atoms. The molecule has 1 aliphatic rings. The summed E-state index contributed by atoms with van der Waals surface area (Å²) in [6.45, 7) is 5.88. The van der Waals surface area contributed by atoms with Crippen molar-refractivity contribution in [3.8, 4) is 5.75 Å². The minimum absolute atomic E-state index is 0.0762. The fourth-order valence-electron chi connectivity index (χ4n) is 2.61. The van der Waals surface area contributed by atoms with Gasteiger partial charge in [-0.25, -0.2) is 4.39 Å². The SMILES string of the molecule is CC(=O)c1c(F)cccc1OC1CCC(C)(C)CC1. The summed E-state index contributed by atoms with van der Waals surface area (Å²) in [6, 6.07) is 4.57. The quantitative estimate of drug-likeness (QED) is 0.757. The molecular formula is C16H21FO2. The molecule has 0 spiro atoms. The third kappa shape index (κ3) is 3.34. The Balaban J connectivity index is 2.12. The first-order valence-corrected chi connectivity index (χ1v) is 6.85. The van der Waals surface area contributed by atoms with Crippen LogP contribution in [0.25, 0.3) is 0 Å². The Morgan fingerprint density at radius 2 is 1.95 bits per heavy atom. The van der Waals surface area contributed by atoms with Crippen LogP contribution in [0.4, 0.5) is 4.39 Å². The lowest BCUT2D eigenvalue weighted by molar-refractivity contribution is 0.0923. The summed E-state index contributed by atoms with van der Waals surface area (Å²) in [6.07, 6.45) is 4.21. The molecule has 0 radical (unpaired) electrons. The van der Waals surface area contributed by atoms with Crippen LogP contribution in [0, 0.1) is 11.2 Å². The molecule has 1 aromatic carbocycles. The summed E-state index contributed by atoms with van der Waals surface area (Å²) in [7, 11) is 0. The van der Waals surface area contributed by atoms with Crippen molar-refractivity contribution >= 4 is 5.78 Å². The molecule has 1 aromatic rings. The molecule has 2 nitrogen and oxygen atoms in total. The second kappa shape index (κ2) is 5.32. The molecule has 1 fully saturated rings. The van der Waals surface area contributed by atoms with Crippen LogP contribution in [0.15, 0.2) is 18.2 Å². The van der Waals surface area contributed by atoms with Crippen LogP contribution in [0.3, 0.4) is 0 Å². The normalized spacial score (nSPS) is 19.2. The summed E-state index contributed by atoms with van der Waals surface area (Å²) < 4.78 is 19.5. The fraction of sp³-hybridized carbons (Fsp3) is 0.562. The zero-order chi connectivity index (χ0) is 14.0. The maximum Gasteiger partial charge on any atom is 0.166 e. The minimum Gasteiger partial charge on any atom is -0.490 e. The Bertz CT molecular complexity index is 470. The lowest BCUT2D eigenvalue weighted by Gasteiger charge is -2.34. The lowest BCUT2D eigenvalue weighted by Crippen LogP contribution is -2.28. The van der Waals surface area contributed by atoms with Gasteiger partial charge in [0, 0.05) is 0 Å². The van der Waals surface area contributed by atoms with Crippen molar-refractivity contribution < 1.29 is 13.9 Å². The third-order valence-electron chi connectivity index (χ3n) is 3.91. The Kier molecular flexibility index (Phi) is 3.93. The Morgan fingerprint density at radius 1 is 1.32 bits per heavy atom. The van der Waals surface area contributed by atoms with Gasteiger partial charge >= 0.3 is 0 Å². The Hall–Kier alpha value is -1.38. The van der Waals surface area contributed by atoms with E-state index in [-0.39, 0.29) is 17.5 Å². The van der Waals surface area contributed by atoms with Crippen molar-refractivity contribution in [3.05, 3.63) is 29.6 Å². The predicted octanol–water partition coefficient (Wildman–Crippen LogP) is 4.38. The maximum atomic E-state index is 13.7. The highest BCUT2D eigenvalue weighted by Gasteiger charge is 2.28. The van der Waals surface area contributed by atoms with Gasteiger partial charge in [-0.3, -0.25) is 4.79 Å². The topological polar surface area (TPSA) is 26.3 Å². The number of halogens is 1. The van der Waals surface area contributed by atoms with E-state index in [4.69, 9.17) is 4.74 Å². The second-order valence-electron chi connectivity index (χ2n) is 6.15. The van der Waals surface area contributed by atoms with Crippen molar-refractivity contribution in [3.63, 3.8) is 0 Å². The summed E-state index contributed by atoms with van der Waals surface area (Å²) in [5.41, 5.74) is 0.443. The van der Waals surface area contributed by atoms with Crippen LogP contribution in [-0.4, -0.2) is 11.9 Å². The number of Topliss-reactive ketones (excluding diaryl/α,β-unsaturated/α-hetero) is 1. The van der Waals surface area contributed by atoms with Gasteiger partial charge in [-0.2, -0.15) is 0 Å². The van der Waals surface area contributed by atoms with Gasteiger partial charge in [-0.1, -0.05) is 19.9 Å². The zero-order valence-electron chi connectivity index (χ0n) is 11.8. The Morgan fingerprint density at radius 3 is 2.53 bits per heavy atom. The number of carbonyl (C=O) groups is 1. The average Bonchev–Trinajstić information content (AvgIpc) is 2.31. The summed E-state index contributed by atoms with van der Waals surface area (Å²) in [5.74, 6) is -0.400. The van der Waals surface area contributed by atoms with E-state index in [1.807, 2.05) is 0 Å². The van der Waals surface area contributed by atoms with E-state index >= 15 is 0 Å². The van der Waals surface area contributed by atoms with E-state index in [9.17, 15) is 9.18 Å². The number of rotatable bonds is 3. The van der Waals surface area contributed by atoms with E-state index in [1.165, 1.54) is 13.0 Å². The number of hydrogen-bond donors (Lipinski definition) is 0. The molecule has 1 aliphatic carbocycles. The van der Waals surface area contributed by atoms with Gasteiger partial charge in [-0.05, 0) is 50.2 Å². The van der Waals surface area contributed by atoms with Crippen molar-refractivity contribution in [2.45, 2.75) is 52.6 Å². The largest absolute Gasteiger partial charge is 0.490 e. The molecule has 0 saturated heterocycles. The van der Waals surface area contributed by atoms with Gasteiger partial charge < -0.3 is 4.74 Å². The van der Waals surface area contributed by atoms with Crippen molar-refractivity contribution in [2.24, 2.45) is 5.41 Å². The van der Waals surface area contributed by atoms with Crippen LogP contribution in [-0.2, 0) is 0 Å². The first-order chi connectivity index (χ1) is 8.89. The molecule has 0 heterocycles. The molecule has 0 aromatic heterocycles. The van der Waals surface area contributed by atoms with Gasteiger partial charge in [0.15, 0.2) is 5.78 Å². The minimum atomic E-state index is -0.499. The van der Waals surface area contributed by atoms with Crippen LogP contribution >= 0.6 is 0 Å². The van der Waals surface area contributed by atoms with Gasteiger partial charge in [0.25, 0.3) is 0 Å². The molecular weight excluding hydrogens is 243 g/mol. The number of hydrogen-bond acceptors (Lipinski definition) is 2. The maximum absolute atomic E-state index is 13.7. The molecule has 0 N–H and O–H groups in total. The highest BCUT2D eigenvalue weighted by molar-refractivity contribution is 5.97. The smallest absolute Gasteiger partial charge is 0.166 e. The molecule has 1 saturated carbocycles. The highest BCUT2D eigenvalue weighted by atomic mass is 19.1. The van der Waals surface area contributed by atoms with E-state index in [0.29, 0.717) is 11.2 Å². The van der Waals surface area contributed by atoms with Crippen LogP contribution < -0.4 is 4.74 Å².